The molecule has 6 heteroatoms. The largest absolute Gasteiger partial charge is 0.305 e. The van der Waals surface area contributed by atoms with Crippen molar-refractivity contribution in [2.75, 3.05) is 11.4 Å². The van der Waals surface area contributed by atoms with E-state index in [0.29, 0.717) is 23.3 Å². The van der Waals surface area contributed by atoms with Crippen molar-refractivity contribution < 1.29 is 4.79 Å². The van der Waals surface area contributed by atoms with Crippen LogP contribution in [-0.2, 0) is 0 Å². The van der Waals surface area contributed by atoms with Gasteiger partial charge in [0.05, 0.1) is 5.69 Å². The summed E-state index contributed by atoms with van der Waals surface area (Å²) in [7, 11) is 0. The van der Waals surface area contributed by atoms with E-state index >= 15 is 0 Å². The number of anilines is 1. The molecule has 0 fully saturated rings. The van der Waals surface area contributed by atoms with Gasteiger partial charge in [-0.15, -0.1) is 11.8 Å². The summed E-state index contributed by atoms with van der Waals surface area (Å²) in [6, 6.07) is 15.3. The van der Waals surface area contributed by atoms with Crippen LogP contribution in [0.3, 0.4) is 0 Å². The number of carbonyl (C=O) groups excluding carboxylic acids is 1. The van der Waals surface area contributed by atoms with E-state index in [1.807, 2.05) is 47.5 Å². The van der Waals surface area contributed by atoms with Crippen molar-refractivity contribution in [3.05, 3.63) is 66.6 Å². The summed E-state index contributed by atoms with van der Waals surface area (Å²) in [6.45, 7) is 2.81. The topological polar surface area (TPSA) is 51.0 Å². The van der Waals surface area contributed by atoms with Crippen molar-refractivity contribution in [2.45, 2.75) is 17.1 Å². The minimum Gasteiger partial charge on any atom is -0.305 e. The fourth-order valence-electron chi connectivity index (χ4n) is 2.79. The second-order valence-corrected chi connectivity index (χ2v) is 7.12. The number of nitrogens with zero attached hydrogens (tertiary/aromatic N) is 4. The molecule has 24 heavy (non-hydrogen) atoms. The molecule has 5 nitrogen and oxygen atoms in total. The Morgan fingerprint density at radius 2 is 2.04 bits per heavy atom. The summed E-state index contributed by atoms with van der Waals surface area (Å²) in [5, 5.41) is 4.52. The predicted molar refractivity (Wildman–Crippen MR) is 94.8 cm³/mol. The molecular formula is C18H16N4OS. The van der Waals surface area contributed by atoms with Crippen LogP contribution in [-0.4, -0.2) is 32.5 Å². The molecule has 0 saturated carbocycles. The van der Waals surface area contributed by atoms with E-state index in [9.17, 15) is 4.79 Å². The predicted octanol–water partition coefficient (Wildman–Crippen LogP) is 3.41. The second-order valence-electron chi connectivity index (χ2n) is 5.64. The quantitative estimate of drug-likeness (QED) is 0.720. The van der Waals surface area contributed by atoms with Crippen molar-refractivity contribution in [3.8, 4) is 5.82 Å². The Morgan fingerprint density at radius 1 is 1.17 bits per heavy atom. The third-order valence-electron chi connectivity index (χ3n) is 3.86. The first-order valence-corrected chi connectivity index (χ1v) is 8.65. The molecule has 1 aromatic carbocycles. The smallest absolute Gasteiger partial charge is 0.277 e. The minimum absolute atomic E-state index is 0.0800. The Bertz CT molecular complexity index is 878. The van der Waals surface area contributed by atoms with Crippen molar-refractivity contribution in [3.63, 3.8) is 0 Å². The van der Waals surface area contributed by atoms with E-state index in [-0.39, 0.29) is 5.91 Å². The summed E-state index contributed by atoms with van der Waals surface area (Å²) in [5.41, 5.74) is 1.38. The van der Waals surface area contributed by atoms with Gasteiger partial charge in [-0.05, 0) is 30.3 Å². The fraction of sp³-hybridized carbons (Fsp3) is 0.167. The van der Waals surface area contributed by atoms with Crippen LogP contribution < -0.4 is 4.90 Å². The van der Waals surface area contributed by atoms with Crippen LogP contribution >= 0.6 is 11.8 Å². The molecule has 3 aromatic rings. The number of fused-ring (bicyclic) bond motifs is 1. The fourth-order valence-corrected chi connectivity index (χ4v) is 3.91. The lowest BCUT2D eigenvalue weighted by atomic mass is 10.2. The summed E-state index contributed by atoms with van der Waals surface area (Å²) >= 11 is 1.80. The second kappa shape index (κ2) is 6.13. The number of carbonyl (C=O) groups is 1. The van der Waals surface area contributed by atoms with Crippen molar-refractivity contribution in [2.24, 2.45) is 0 Å². The van der Waals surface area contributed by atoms with E-state index in [1.165, 1.54) is 0 Å². The molecule has 0 spiro atoms. The molecule has 120 valence electrons. The number of benzene rings is 1. The van der Waals surface area contributed by atoms with Gasteiger partial charge in [0.15, 0.2) is 5.82 Å². The first kappa shape index (κ1) is 15.0. The van der Waals surface area contributed by atoms with Crippen LogP contribution in [0.1, 0.15) is 17.4 Å². The number of thioether (sulfide) groups is 1. The zero-order valence-electron chi connectivity index (χ0n) is 13.2. The van der Waals surface area contributed by atoms with Gasteiger partial charge in [-0.2, -0.15) is 5.10 Å². The third kappa shape index (κ3) is 2.69. The highest BCUT2D eigenvalue weighted by atomic mass is 32.2. The first-order valence-electron chi connectivity index (χ1n) is 7.77. The van der Waals surface area contributed by atoms with Crippen LogP contribution in [0.25, 0.3) is 5.82 Å². The lowest BCUT2D eigenvalue weighted by Crippen LogP contribution is -2.39. The lowest BCUT2D eigenvalue weighted by Gasteiger charge is -2.32. The molecule has 1 aliphatic heterocycles. The molecule has 3 heterocycles. The normalized spacial score (nSPS) is 16.7. The Labute approximate surface area is 144 Å². The summed E-state index contributed by atoms with van der Waals surface area (Å²) in [4.78, 5) is 20.5. The Morgan fingerprint density at radius 3 is 2.88 bits per heavy atom. The maximum atomic E-state index is 13.1. The SMILES string of the molecule is C[C@H]1CN(C(=O)c2cccc(-n3cccn3)n2)c2ccccc2S1. The molecule has 0 saturated heterocycles. The van der Waals surface area contributed by atoms with Crippen LogP contribution in [0.2, 0.25) is 0 Å². The molecule has 0 bridgehead atoms. The van der Waals surface area contributed by atoms with Gasteiger partial charge in [0.1, 0.15) is 5.69 Å². The third-order valence-corrected chi connectivity index (χ3v) is 5.01. The molecule has 1 aliphatic rings. The molecular weight excluding hydrogens is 320 g/mol. The van der Waals surface area contributed by atoms with Gasteiger partial charge >= 0.3 is 0 Å². The van der Waals surface area contributed by atoms with Gasteiger partial charge in [-0.3, -0.25) is 4.79 Å². The van der Waals surface area contributed by atoms with E-state index in [1.54, 1.807) is 28.7 Å². The maximum absolute atomic E-state index is 13.1. The molecule has 0 aliphatic carbocycles. The van der Waals surface area contributed by atoms with Crippen molar-refractivity contribution in [1.82, 2.24) is 14.8 Å². The standard InChI is InChI=1S/C18H16N4OS/c1-13-12-21(15-7-2-3-8-16(15)24-13)18(23)14-6-4-9-17(20-14)22-11-5-10-19-22/h2-11,13H,12H2,1H3/t13-/m0/s1. The Hall–Kier alpha value is -2.60. The maximum Gasteiger partial charge on any atom is 0.277 e. The van der Waals surface area contributed by atoms with Crippen LogP contribution in [0, 0.1) is 0 Å². The van der Waals surface area contributed by atoms with Gasteiger partial charge in [0, 0.05) is 29.1 Å². The number of aromatic nitrogens is 3. The highest BCUT2D eigenvalue weighted by molar-refractivity contribution is 8.00. The molecule has 1 amide bonds. The van der Waals surface area contributed by atoms with Crippen LogP contribution in [0.4, 0.5) is 5.69 Å². The van der Waals surface area contributed by atoms with E-state index in [0.717, 1.165) is 10.6 Å². The number of para-hydroxylation sites is 1. The average Bonchev–Trinajstić information content (AvgIpc) is 3.15. The van der Waals surface area contributed by atoms with Crippen molar-refractivity contribution in [1.29, 1.82) is 0 Å². The molecule has 0 unspecified atom stereocenters. The number of hydrogen-bond acceptors (Lipinski definition) is 4. The van der Waals surface area contributed by atoms with Crippen molar-refractivity contribution >= 4 is 23.4 Å². The Kier molecular flexibility index (Phi) is 3.82. The minimum atomic E-state index is -0.0800. The number of hydrogen-bond donors (Lipinski definition) is 0. The monoisotopic (exact) mass is 336 g/mol. The van der Waals surface area contributed by atoms with Gasteiger partial charge in [0.25, 0.3) is 5.91 Å². The number of rotatable bonds is 2. The van der Waals surface area contributed by atoms with Gasteiger partial charge in [-0.1, -0.05) is 25.1 Å². The summed E-state index contributed by atoms with van der Waals surface area (Å²) in [5.74, 6) is 0.558. The van der Waals surface area contributed by atoms with Gasteiger partial charge in [-0.25, -0.2) is 9.67 Å². The highest BCUT2D eigenvalue weighted by Gasteiger charge is 2.28. The Balaban J connectivity index is 1.71. The van der Waals surface area contributed by atoms with Gasteiger partial charge in [0.2, 0.25) is 0 Å². The molecule has 0 radical (unpaired) electrons. The summed E-state index contributed by atoms with van der Waals surface area (Å²) in [6.07, 6.45) is 3.50. The number of amides is 1. The number of pyridine rings is 1. The zero-order chi connectivity index (χ0) is 16.5. The van der Waals surface area contributed by atoms with E-state index in [2.05, 4.69) is 23.1 Å². The van der Waals surface area contributed by atoms with Crippen LogP contribution in [0.15, 0.2) is 65.8 Å². The summed E-state index contributed by atoms with van der Waals surface area (Å²) < 4.78 is 1.65. The van der Waals surface area contributed by atoms with E-state index in [4.69, 9.17) is 0 Å². The van der Waals surface area contributed by atoms with Gasteiger partial charge < -0.3 is 4.90 Å². The highest BCUT2D eigenvalue weighted by Crippen LogP contribution is 2.38. The average molecular weight is 336 g/mol. The first-order chi connectivity index (χ1) is 11.7. The lowest BCUT2D eigenvalue weighted by molar-refractivity contribution is 0.0981. The van der Waals surface area contributed by atoms with E-state index < -0.39 is 0 Å². The molecule has 4 rings (SSSR count). The molecule has 2 aromatic heterocycles. The van der Waals surface area contributed by atoms with Crippen LogP contribution in [0.5, 0.6) is 0 Å². The zero-order valence-corrected chi connectivity index (χ0v) is 14.0. The molecule has 0 N–H and O–H groups in total. The molecule has 1 atom stereocenters.